The van der Waals surface area contributed by atoms with Gasteiger partial charge in [0.2, 0.25) is 0 Å². The molecule has 1 aromatic carbocycles. The number of hydrogen-bond donors (Lipinski definition) is 1. The summed E-state index contributed by atoms with van der Waals surface area (Å²) >= 11 is 5.20. The Hall–Kier alpha value is -1.46. The van der Waals surface area contributed by atoms with Crippen molar-refractivity contribution < 1.29 is 0 Å². The first-order valence-electron chi connectivity index (χ1n) is 5.47. The van der Waals surface area contributed by atoms with E-state index in [0.29, 0.717) is 0 Å². The second-order valence-electron chi connectivity index (χ2n) is 3.90. The molecule has 2 aromatic heterocycles. The lowest BCUT2D eigenvalue weighted by molar-refractivity contribution is 1.23. The molecule has 18 heavy (non-hydrogen) atoms. The molecule has 3 rings (SSSR count). The van der Waals surface area contributed by atoms with Crippen molar-refractivity contribution in [3.63, 3.8) is 0 Å². The van der Waals surface area contributed by atoms with E-state index in [-0.39, 0.29) is 0 Å². The molecule has 90 valence electrons. The first kappa shape index (κ1) is 11.6. The molecule has 0 bridgehead atoms. The molecule has 0 aliphatic heterocycles. The second-order valence-corrected chi connectivity index (χ2v) is 5.99. The fraction of sp³-hybridized carbons (Fsp3) is 0.0769. The maximum Gasteiger partial charge on any atom is 0.142 e. The van der Waals surface area contributed by atoms with Crippen molar-refractivity contribution in [2.24, 2.45) is 0 Å². The summed E-state index contributed by atoms with van der Waals surface area (Å²) in [5.74, 6) is 0.844. The van der Waals surface area contributed by atoms with Crippen molar-refractivity contribution >= 4 is 49.0 Å². The average Bonchev–Trinajstić information content (AvgIpc) is 2.73. The van der Waals surface area contributed by atoms with E-state index in [9.17, 15) is 0 Å². The van der Waals surface area contributed by atoms with Crippen LogP contribution in [0, 0.1) is 6.92 Å². The number of benzene rings is 1. The highest BCUT2D eigenvalue weighted by atomic mass is 79.9. The normalized spacial score (nSPS) is 10.8. The van der Waals surface area contributed by atoms with Crippen LogP contribution in [-0.4, -0.2) is 9.97 Å². The van der Waals surface area contributed by atoms with Crippen LogP contribution in [0.25, 0.3) is 10.2 Å². The SMILES string of the molecule is Cc1cc2c(Nc3ccccc3Br)ncnc2s1. The minimum atomic E-state index is 0.844. The Morgan fingerprint density at radius 3 is 2.89 bits per heavy atom. The Kier molecular flexibility index (Phi) is 3.01. The van der Waals surface area contributed by atoms with Crippen LogP contribution >= 0.6 is 27.3 Å². The maximum absolute atomic E-state index is 4.32. The number of para-hydroxylation sites is 1. The molecule has 0 unspecified atom stereocenters. The number of anilines is 2. The van der Waals surface area contributed by atoms with Gasteiger partial charge in [-0.25, -0.2) is 9.97 Å². The third-order valence-corrected chi connectivity index (χ3v) is 4.23. The highest BCUT2D eigenvalue weighted by Gasteiger charge is 2.08. The fourth-order valence-electron chi connectivity index (χ4n) is 1.77. The number of fused-ring (bicyclic) bond motifs is 1. The third kappa shape index (κ3) is 2.11. The molecule has 0 aliphatic rings. The summed E-state index contributed by atoms with van der Waals surface area (Å²) in [7, 11) is 0. The molecule has 0 atom stereocenters. The number of halogens is 1. The molecule has 0 aliphatic carbocycles. The molecule has 0 fully saturated rings. The number of aryl methyl sites for hydroxylation is 1. The summed E-state index contributed by atoms with van der Waals surface area (Å²) in [5.41, 5.74) is 1.00. The van der Waals surface area contributed by atoms with Gasteiger partial charge in [-0.05, 0) is 41.1 Å². The quantitative estimate of drug-likeness (QED) is 0.755. The smallest absolute Gasteiger partial charge is 0.142 e. The zero-order chi connectivity index (χ0) is 12.5. The minimum Gasteiger partial charge on any atom is -0.339 e. The summed E-state index contributed by atoms with van der Waals surface area (Å²) in [5, 5.41) is 4.40. The van der Waals surface area contributed by atoms with E-state index in [4.69, 9.17) is 0 Å². The Labute approximate surface area is 117 Å². The van der Waals surface area contributed by atoms with Gasteiger partial charge in [-0.3, -0.25) is 0 Å². The van der Waals surface area contributed by atoms with Crippen LogP contribution in [-0.2, 0) is 0 Å². The minimum absolute atomic E-state index is 0.844. The van der Waals surface area contributed by atoms with Crippen LogP contribution in [0.3, 0.4) is 0 Å². The largest absolute Gasteiger partial charge is 0.339 e. The number of nitrogens with zero attached hydrogens (tertiary/aromatic N) is 2. The Morgan fingerprint density at radius 2 is 2.06 bits per heavy atom. The molecule has 3 nitrogen and oxygen atoms in total. The zero-order valence-electron chi connectivity index (χ0n) is 9.64. The lowest BCUT2D eigenvalue weighted by Crippen LogP contribution is -1.95. The number of rotatable bonds is 2. The molecule has 0 radical (unpaired) electrons. The number of nitrogens with one attached hydrogen (secondary N) is 1. The molecule has 3 aromatic rings. The van der Waals surface area contributed by atoms with Crippen molar-refractivity contribution in [3.05, 3.63) is 46.0 Å². The van der Waals surface area contributed by atoms with Crippen LogP contribution in [0.15, 0.2) is 41.1 Å². The Bertz CT molecular complexity index is 708. The van der Waals surface area contributed by atoms with E-state index in [0.717, 1.165) is 26.2 Å². The van der Waals surface area contributed by atoms with Gasteiger partial charge in [-0.2, -0.15) is 0 Å². The van der Waals surface area contributed by atoms with E-state index >= 15 is 0 Å². The van der Waals surface area contributed by atoms with Crippen molar-refractivity contribution in [1.29, 1.82) is 0 Å². The van der Waals surface area contributed by atoms with Crippen molar-refractivity contribution in [2.75, 3.05) is 5.32 Å². The highest BCUT2D eigenvalue weighted by Crippen LogP contribution is 2.31. The zero-order valence-corrected chi connectivity index (χ0v) is 12.0. The maximum atomic E-state index is 4.32. The molecule has 0 amide bonds. The fourth-order valence-corrected chi connectivity index (χ4v) is 3.00. The standard InChI is InChI=1S/C13H10BrN3S/c1-8-6-9-12(15-7-16-13(9)18-8)17-11-5-3-2-4-10(11)14/h2-7H,1H3,(H,15,16,17). The van der Waals surface area contributed by atoms with Gasteiger partial charge in [0.25, 0.3) is 0 Å². The molecule has 2 heterocycles. The lowest BCUT2D eigenvalue weighted by atomic mass is 10.3. The van der Waals surface area contributed by atoms with Gasteiger partial charge in [0.15, 0.2) is 0 Å². The van der Waals surface area contributed by atoms with Crippen LogP contribution < -0.4 is 5.32 Å². The summed E-state index contributed by atoms with van der Waals surface area (Å²) in [4.78, 5) is 10.9. The van der Waals surface area contributed by atoms with Crippen LogP contribution in [0.4, 0.5) is 11.5 Å². The molecule has 0 saturated carbocycles. The van der Waals surface area contributed by atoms with E-state index in [1.165, 1.54) is 4.88 Å². The lowest BCUT2D eigenvalue weighted by Gasteiger charge is -2.07. The van der Waals surface area contributed by atoms with E-state index in [2.05, 4.69) is 44.2 Å². The first-order chi connectivity index (χ1) is 8.74. The van der Waals surface area contributed by atoms with Crippen molar-refractivity contribution in [1.82, 2.24) is 9.97 Å². The van der Waals surface area contributed by atoms with E-state index in [1.54, 1.807) is 17.7 Å². The highest BCUT2D eigenvalue weighted by molar-refractivity contribution is 9.10. The monoisotopic (exact) mass is 319 g/mol. The third-order valence-electron chi connectivity index (χ3n) is 2.58. The molecule has 0 spiro atoms. The topological polar surface area (TPSA) is 37.8 Å². The summed E-state index contributed by atoms with van der Waals surface area (Å²) < 4.78 is 1.02. The molecule has 1 N–H and O–H groups in total. The Morgan fingerprint density at radius 1 is 1.22 bits per heavy atom. The molecule has 5 heteroatoms. The van der Waals surface area contributed by atoms with E-state index < -0.39 is 0 Å². The first-order valence-corrected chi connectivity index (χ1v) is 7.08. The van der Waals surface area contributed by atoms with Gasteiger partial charge in [-0.15, -0.1) is 11.3 Å². The van der Waals surface area contributed by atoms with Crippen LogP contribution in [0.2, 0.25) is 0 Å². The molecule has 0 saturated heterocycles. The van der Waals surface area contributed by atoms with Gasteiger partial charge < -0.3 is 5.32 Å². The Balaban J connectivity index is 2.07. The predicted molar refractivity (Wildman–Crippen MR) is 79.6 cm³/mol. The van der Waals surface area contributed by atoms with Crippen LogP contribution in [0.1, 0.15) is 4.88 Å². The molecular formula is C13H10BrN3S. The number of hydrogen-bond acceptors (Lipinski definition) is 4. The number of aromatic nitrogens is 2. The van der Waals surface area contributed by atoms with Gasteiger partial charge >= 0.3 is 0 Å². The predicted octanol–water partition coefficient (Wildman–Crippen LogP) is 4.51. The van der Waals surface area contributed by atoms with Gasteiger partial charge in [0.05, 0.1) is 11.1 Å². The summed E-state index contributed by atoms with van der Waals surface area (Å²) in [6.07, 6.45) is 1.59. The average molecular weight is 320 g/mol. The summed E-state index contributed by atoms with van der Waals surface area (Å²) in [6.45, 7) is 2.08. The molecular weight excluding hydrogens is 310 g/mol. The van der Waals surface area contributed by atoms with Gasteiger partial charge in [-0.1, -0.05) is 12.1 Å². The second kappa shape index (κ2) is 4.66. The van der Waals surface area contributed by atoms with Crippen molar-refractivity contribution in [2.45, 2.75) is 6.92 Å². The summed E-state index contributed by atoms with van der Waals surface area (Å²) in [6, 6.07) is 10.1. The van der Waals surface area contributed by atoms with E-state index in [1.807, 2.05) is 24.3 Å². The van der Waals surface area contributed by atoms with Crippen molar-refractivity contribution in [3.8, 4) is 0 Å². The van der Waals surface area contributed by atoms with Gasteiger partial charge in [0, 0.05) is 9.35 Å². The number of thiophene rings is 1. The van der Waals surface area contributed by atoms with Crippen LogP contribution in [0.5, 0.6) is 0 Å². The van der Waals surface area contributed by atoms with Gasteiger partial charge in [0.1, 0.15) is 17.0 Å².